The van der Waals surface area contributed by atoms with E-state index < -0.39 is 0 Å². The second-order valence-corrected chi connectivity index (χ2v) is 7.37. The molecular weight excluding hydrogens is 390 g/mol. The summed E-state index contributed by atoms with van der Waals surface area (Å²) in [6.07, 6.45) is 0. The lowest BCUT2D eigenvalue weighted by Crippen LogP contribution is -2.45. The second kappa shape index (κ2) is 9.76. The first-order valence-corrected chi connectivity index (χ1v) is 10.2. The van der Waals surface area contributed by atoms with Gasteiger partial charge in [-0.25, -0.2) is 0 Å². The number of carbonyl (C=O) groups is 2. The van der Waals surface area contributed by atoms with Gasteiger partial charge in [0.2, 0.25) is 5.91 Å². The van der Waals surface area contributed by atoms with Crippen molar-refractivity contribution in [1.29, 1.82) is 0 Å². The Labute approximate surface area is 176 Å². The highest BCUT2D eigenvalue weighted by molar-refractivity contribution is 6.31. The predicted molar refractivity (Wildman–Crippen MR) is 114 cm³/mol. The second-order valence-electron chi connectivity index (χ2n) is 6.94. The highest BCUT2D eigenvalue weighted by Gasteiger charge is 2.27. The van der Waals surface area contributed by atoms with Crippen molar-refractivity contribution in [2.45, 2.75) is 26.9 Å². The molecule has 0 saturated carbocycles. The highest BCUT2D eigenvalue weighted by atomic mass is 35.5. The van der Waals surface area contributed by atoms with Gasteiger partial charge in [-0.2, -0.15) is 0 Å². The average Bonchev–Trinajstić information content (AvgIpc) is 2.73. The lowest BCUT2D eigenvalue weighted by atomic mass is 10.1. The van der Waals surface area contributed by atoms with E-state index in [1.807, 2.05) is 12.1 Å². The number of benzene rings is 2. The Hall–Kier alpha value is -2.57. The third-order valence-electron chi connectivity index (χ3n) is 4.98. The maximum atomic E-state index is 12.4. The maximum absolute atomic E-state index is 12.4. The van der Waals surface area contributed by atoms with Crippen molar-refractivity contribution in [2.75, 3.05) is 31.1 Å². The van der Waals surface area contributed by atoms with Crippen molar-refractivity contribution < 1.29 is 14.3 Å². The Balaban J connectivity index is 1.56. The van der Waals surface area contributed by atoms with Gasteiger partial charge in [-0.3, -0.25) is 19.4 Å². The van der Waals surface area contributed by atoms with E-state index in [4.69, 9.17) is 16.3 Å². The number of halogens is 1. The summed E-state index contributed by atoms with van der Waals surface area (Å²) in [6.45, 7) is 7.50. The fraction of sp³-hybridized carbons (Fsp3) is 0.364. The van der Waals surface area contributed by atoms with Gasteiger partial charge in [-0.15, -0.1) is 0 Å². The van der Waals surface area contributed by atoms with Crippen LogP contribution in [0.25, 0.3) is 0 Å². The molecule has 6 nitrogen and oxygen atoms in total. The van der Waals surface area contributed by atoms with E-state index in [2.05, 4.69) is 36.2 Å². The van der Waals surface area contributed by atoms with Gasteiger partial charge in [0.15, 0.2) is 6.61 Å². The minimum atomic E-state index is -0.268. The van der Waals surface area contributed by atoms with Crippen molar-refractivity contribution >= 4 is 29.1 Å². The number of hydrogen-bond acceptors (Lipinski definition) is 4. The third-order valence-corrected chi connectivity index (χ3v) is 5.21. The van der Waals surface area contributed by atoms with Gasteiger partial charge in [-0.1, -0.05) is 49.7 Å². The number of carbonyl (C=O) groups excluding carboxylic acids is 2. The molecule has 1 aliphatic rings. The summed E-state index contributed by atoms with van der Waals surface area (Å²) in [4.78, 5) is 28.4. The summed E-state index contributed by atoms with van der Waals surface area (Å²) >= 11 is 6.03. The van der Waals surface area contributed by atoms with E-state index in [-0.39, 0.29) is 25.0 Å². The van der Waals surface area contributed by atoms with Crippen LogP contribution in [0.5, 0.6) is 5.75 Å². The first-order chi connectivity index (χ1) is 14.0. The van der Waals surface area contributed by atoms with Crippen LogP contribution in [-0.2, 0) is 22.7 Å². The van der Waals surface area contributed by atoms with Gasteiger partial charge in [0, 0.05) is 18.1 Å². The molecule has 2 aromatic carbocycles. The monoisotopic (exact) mass is 415 g/mol. The van der Waals surface area contributed by atoms with E-state index in [1.165, 1.54) is 10.5 Å². The molecule has 0 bridgehead atoms. The van der Waals surface area contributed by atoms with Crippen LogP contribution in [-0.4, -0.2) is 43.0 Å². The molecule has 1 heterocycles. The smallest absolute Gasteiger partial charge is 0.265 e. The molecule has 154 valence electrons. The van der Waals surface area contributed by atoms with E-state index in [0.717, 1.165) is 25.2 Å². The highest BCUT2D eigenvalue weighted by Crippen LogP contribution is 2.34. The minimum absolute atomic E-state index is 0.0738. The molecule has 7 heteroatoms. The number of rotatable bonds is 8. The van der Waals surface area contributed by atoms with Gasteiger partial charge in [0.1, 0.15) is 12.3 Å². The van der Waals surface area contributed by atoms with Gasteiger partial charge in [0.25, 0.3) is 5.91 Å². The number of nitrogens with one attached hydrogen (secondary N) is 1. The third kappa shape index (κ3) is 5.49. The van der Waals surface area contributed by atoms with Crippen LogP contribution in [0, 0.1) is 0 Å². The lowest BCUT2D eigenvalue weighted by Gasteiger charge is -2.29. The fourth-order valence-electron chi connectivity index (χ4n) is 3.22. The van der Waals surface area contributed by atoms with Gasteiger partial charge in [0.05, 0.1) is 5.69 Å². The Kier molecular flexibility index (Phi) is 7.12. The summed E-state index contributed by atoms with van der Waals surface area (Å²) < 4.78 is 5.40. The van der Waals surface area contributed by atoms with E-state index in [0.29, 0.717) is 23.0 Å². The Bertz CT molecular complexity index is 866. The number of nitrogens with zero attached hydrogens (tertiary/aromatic N) is 2. The van der Waals surface area contributed by atoms with Crippen molar-refractivity contribution in [3.05, 3.63) is 58.6 Å². The van der Waals surface area contributed by atoms with Crippen LogP contribution < -0.4 is 15.0 Å². The van der Waals surface area contributed by atoms with E-state index in [1.54, 1.807) is 18.2 Å². The zero-order chi connectivity index (χ0) is 20.8. The fourth-order valence-corrected chi connectivity index (χ4v) is 3.38. The topological polar surface area (TPSA) is 61.9 Å². The minimum Gasteiger partial charge on any atom is -0.482 e. The molecule has 0 saturated heterocycles. The summed E-state index contributed by atoms with van der Waals surface area (Å²) in [7, 11) is 0. The lowest BCUT2D eigenvalue weighted by molar-refractivity contribution is -0.125. The Morgan fingerprint density at radius 1 is 1.14 bits per heavy atom. The number of amides is 2. The van der Waals surface area contributed by atoms with E-state index >= 15 is 0 Å². The maximum Gasteiger partial charge on any atom is 0.265 e. The van der Waals surface area contributed by atoms with Gasteiger partial charge < -0.3 is 10.1 Å². The summed E-state index contributed by atoms with van der Waals surface area (Å²) in [5, 5.41) is 3.36. The Morgan fingerprint density at radius 2 is 1.83 bits per heavy atom. The van der Waals surface area contributed by atoms with Crippen LogP contribution in [0.4, 0.5) is 5.69 Å². The quantitative estimate of drug-likeness (QED) is 0.719. The molecule has 0 radical (unpaired) electrons. The molecule has 1 aliphatic heterocycles. The predicted octanol–water partition coefficient (Wildman–Crippen LogP) is 3.22. The van der Waals surface area contributed by atoms with E-state index in [9.17, 15) is 9.59 Å². The van der Waals surface area contributed by atoms with Crippen molar-refractivity contribution in [3.8, 4) is 5.75 Å². The molecule has 2 aromatic rings. The van der Waals surface area contributed by atoms with Crippen LogP contribution in [0.15, 0.2) is 42.5 Å². The molecule has 2 amide bonds. The van der Waals surface area contributed by atoms with Gasteiger partial charge >= 0.3 is 0 Å². The standard InChI is InChI=1S/C22H26ClN3O3/c1-3-25(4-2)13-17-7-5-16(6-8-17)12-24-21(27)14-26-19-11-18(23)9-10-20(19)29-15-22(26)28/h5-11H,3-4,12-15H2,1-2H3,(H,24,27). The summed E-state index contributed by atoms with van der Waals surface area (Å²) in [6, 6.07) is 13.2. The van der Waals surface area contributed by atoms with Crippen LogP contribution >= 0.6 is 11.6 Å². The number of anilines is 1. The normalized spacial score (nSPS) is 13.2. The SMILES string of the molecule is CCN(CC)Cc1ccc(CNC(=O)CN2C(=O)COc3ccc(Cl)cc32)cc1. The molecule has 0 atom stereocenters. The average molecular weight is 416 g/mol. The molecule has 0 spiro atoms. The van der Waals surface area contributed by atoms with Crippen molar-refractivity contribution in [2.24, 2.45) is 0 Å². The number of hydrogen-bond donors (Lipinski definition) is 1. The first-order valence-electron chi connectivity index (χ1n) is 9.79. The zero-order valence-corrected chi connectivity index (χ0v) is 17.5. The van der Waals surface area contributed by atoms with Crippen molar-refractivity contribution in [3.63, 3.8) is 0 Å². The molecule has 0 aromatic heterocycles. The first kappa shape index (κ1) is 21.1. The molecule has 0 fully saturated rings. The van der Waals surface area contributed by atoms with Gasteiger partial charge in [-0.05, 0) is 42.4 Å². The largest absolute Gasteiger partial charge is 0.482 e. The molecule has 29 heavy (non-hydrogen) atoms. The summed E-state index contributed by atoms with van der Waals surface area (Å²) in [5.41, 5.74) is 2.78. The number of fused-ring (bicyclic) bond motifs is 1. The summed E-state index contributed by atoms with van der Waals surface area (Å²) in [5.74, 6) is 0.0413. The molecule has 1 N–H and O–H groups in total. The molecular formula is C22H26ClN3O3. The van der Waals surface area contributed by atoms with Crippen LogP contribution in [0.1, 0.15) is 25.0 Å². The van der Waals surface area contributed by atoms with Crippen LogP contribution in [0.3, 0.4) is 0 Å². The zero-order valence-electron chi connectivity index (χ0n) is 16.8. The van der Waals surface area contributed by atoms with Crippen molar-refractivity contribution in [1.82, 2.24) is 10.2 Å². The molecule has 0 unspecified atom stereocenters. The Morgan fingerprint density at radius 3 is 2.52 bits per heavy atom. The van der Waals surface area contributed by atoms with Crippen LogP contribution in [0.2, 0.25) is 5.02 Å². The molecule has 0 aliphatic carbocycles. The molecule has 3 rings (SSSR count). The number of ether oxygens (including phenoxy) is 1.